The van der Waals surface area contributed by atoms with Gasteiger partial charge in [0.2, 0.25) is 17.7 Å². The third kappa shape index (κ3) is 21.4. The number of nitrogens with one attached hydrogen (secondary N) is 5. The predicted molar refractivity (Wildman–Crippen MR) is 335 cm³/mol. The van der Waals surface area contributed by atoms with E-state index in [9.17, 15) is 37.6 Å². The minimum atomic E-state index is -0.905. The quantitative estimate of drug-likeness (QED) is 0.0250. The number of hydrogen-bond acceptors (Lipinski definition) is 23. The van der Waals surface area contributed by atoms with Gasteiger partial charge in [-0.1, -0.05) is 18.2 Å². The molecule has 0 saturated carbocycles. The van der Waals surface area contributed by atoms with Crippen molar-refractivity contribution in [2.45, 2.75) is 58.2 Å². The van der Waals surface area contributed by atoms with Gasteiger partial charge in [0.1, 0.15) is 62.7 Å². The van der Waals surface area contributed by atoms with Gasteiger partial charge in [0.05, 0.1) is 62.2 Å². The minimum absolute atomic E-state index is 0.00142. The fourth-order valence-corrected chi connectivity index (χ4v) is 9.83. The first-order chi connectivity index (χ1) is 42.1. The van der Waals surface area contributed by atoms with Crippen LogP contribution in [0.4, 0.5) is 56.6 Å². The number of aromatic nitrogens is 6. The van der Waals surface area contributed by atoms with E-state index in [2.05, 4.69) is 70.6 Å². The number of nitrogens with zero attached hydrogens (tertiary/aromatic N) is 8. The average Bonchev–Trinajstić information content (AvgIpc) is 2.07. The summed E-state index contributed by atoms with van der Waals surface area (Å²) in [5.74, 6) is -4.74. The molecule has 6 aromatic heterocycles. The normalized spacial score (nSPS) is 11.2. The number of nitrogen functional groups attached to an aromatic ring is 1. The van der Waals surface area contributed by atoms with E-state index in [1.807, 2.05) is 45.0 Å². The Balaban J connectivity index is 0.000000226. The lowest BCUT2D eigenvalue weighted by Gasteiger charge is -2.19. The van der Waals surface area contributed by atoms with Crippen LogP contribution in [0.2, 0.25) is 0 Å². The molecule has 0 fully saturated rings. The molecule has 9 aromatic rings. The number of carbonyl (C=O) groups is 4. The maximum absolute atomic E-state index is 14.6. The zero-order valence-electron chi connectivity index (χ0n) is 46.7. The molecule has 31 heteroatoms. The van der Waals surface area contributed by atoms with Crippen molar-refractivity contribution in [2.24, 2.45) is 22.9 Å². The van der Waals surface area contributed by atoms with Crippen LogP contribution in [0.15, 0.2) is 132 Å². The zero-order valence-corrected chi connectivity index (χ0v) is 50.7. The van der Waals surface area contributed by atoms with Gasteiger partial charge in [0.15, 0.2) is 0 Å². The molecule has 0 aliphatic rings. The van der Waals surface area contributed by atoms with Crippen molar-refractivity contribution in [1.29, 1.82) is 10.5 Å². The maximum Gasteiger partial charge on any atom is 0.250 e. The summed E-state index contributed by atoms with van der Waals surface area (Å²) in [6, 6.07) is 30.0. The molecule has 0 radical (unpaired) electrons. The summed E-state index contributed by atoms with van der Waals surface area (Å²) in [6.45, 7) is 5.59. The number of pyridine rings is 3. The van der Waals surface area contributed by atoms with Gasteiger partial charge >= 0.3 is 0 Å². The first-order valence-electron chi connectivity index (χ1n) is 25.5. The van der Waals surface area contributed by atoms with Gasteiger partial charge in [0.25, 0.3) is 5.91 Å². The molecule has 3 aromatic carbocycles. The van der Waals surface area contributed by atoms with Gasteiger partial charge in [-0.25, -0.2) is 13.2 Å². The molecular formula is C57H56BrF3N18O6S3. The van der Waals surface area contributed by atoms with Gasteiger partial charge in [0, 0.05) is 59.4 Å². The number of hydrogen-bond donors (Lipinski definition) is 12. The Morgan fingerprint density at radius 1 is 0.534 bits per heavy atom. The van der Waals surface area contributed by atoms with Crippen LogP contribution in [0.25, 0.3) is 0 Å². The van der Waals surface area contributed by atoms with Crippen LogP contribution in [-0.4, -0.2) is 80.3 Å². The number of carbonyl (C=O) groups excluding carboxylic acids is 4. The molecule has 456 valence electrons. The van der Waals surface area contributed by atoms with Gasteiger partial charge in [-0.3, -0.25) is 44.6 Å². The van der Waals surface area contributed by atoms with Crippen LogP contribution < -0.4 is 55.3 Å². The highest BCUT2D eigenvalue weighted by molar-refractivity contribution is 9.10. The number of amides is 4. The number of nitrogens with two attached hydrogens (primary N) is 5. The molecule has 17 N–H and O–H groups in total. The van der Waals surface area contributed by atoms with Crippen molar-refractivity contribution in [2.75, 3.05) is 32.3 Å². The van der Waals surface area contributed by atoms with Crippen LogP contribution in [0.5, 0.6) is 0 Å². The standard InChI is InChI=1S/C19H19FN6O2S.C19H17FN6OS.C15H12BrFN4O.C4H6N2S.H2O2/c1-10-6-17(29-26-10)25-14-9-15(13(20)8-12(14)18(21)27)24-16(19(22)28)7-11-4-2-3-5-23-11;1-11-6-18(28-26-11)25-15-9-16(14(20)7-12(15)10-21)24-17(19(22)27)8-13-4-2-3-5-23-13;16-11-7-13(12(17)5-9(11)8-18)21-14(15(19)22)6-10-3-1-2-4-20-10;1-3-2-4(5)7-6-3;1-2/h2-6,8-9,16,24-25H,7H2,1H3,(H2,21,27)(H2,22,28);2-7,9,17,24-25H,8H2,1H3,(H2,22,27);1-5,7,14,21H,6H2,(H2,19,22);2H,5H2,1H3;1-2H/t16-;17-;14-;;/m111../s1. The number of anilines is 8. The lowest BCUT2D eigenvalue weighted by Crippen LogP contribution is -2.37. The Labute approximate surface area is 522 Å². The molecule has 88 heavy (non-hydrogen) atoms. The number of halogens is 4. The lowest BCUT2D eigenvalue weighted by molar-refractivity contribution is -0.176. The Morgan fingerprint density at radius 2 is 0.909 bits per heavy atom. The van der Waals surface area contributed by atoms with E-state index in [4.69, 9.17) is 44.4 Å². The lowest BCUT2D eigenvalue weighted by atomic mass is 10.1. The Hall–Kier alpha value is -10.2. The third-order valence-corrected chi connectivity index (χ3v) is 14.6. The highest BCUT2D eigenvalue weighted by atomic mass is 79.9. The molecule has 3 atom stereocenters. The van der Waals surface area contributed by atoms with Gasteiger partial charge in [-0.2, -0.15) is 23.6 Å². The highest BCUT2D eigenvalue weighted by Gasteiger charge is 2.24. The van der Waals surface area contributed by atoms with Crippen molar-refractivity contribution >= 4 is 118 Å². The Morgan fingerprint density at radius 3 is 1.24 bits per heavy atom. The van der Waals surface area contributed by atoms with Crippen LogP contribution in [-0.2, 0) is 33.6 Å². The van der Waals surface area contributed by atoms with E-state index in [0.717, 1.165) is 40.3 Å². The molecule has 24 nitrogen and oxygen atoms in total. The second-order valence-corrected chi connectivity index (χ2v) is 21.6. The van der Waals surface area contributed by atoms with Crippen LogP contribution in [0, 0.1) is 60.9 Å². The first-order valence-corrected chi connectivity index (χ1v) is 28.6. The smallest absolute Gasteiger partial charge is 0.250 e. The molecule has 4 amide bonds. The summed E-state index contributed by atoms with van der Waals surface area (Å²) >= 11 is 6.92. The first kappa shape index (κ1) is 68.6. The van der Waals surface area contributed by atoms with Gasteiger partial charge < -0.3 is 55.3 Å². The summed E-state index contributed by atoms with van der Waals surface area (Å²) in [6.07, 6.45) is 5.40. The van der Waals surface area contributed by atoms with Crippen molar-refractivity contribution in [3.63, 3.8) is 0 Å². The summed E-state index contributed by atoms with van der Waals surface area (Å²) < 4.78 is 55.8. The second kappa shape index (κ2) is 34.1. The van der Waals surface area contributed by atoms with Crippen LogP contribution in [0.3, 0.4) is 0 Å². The molecule has 0 unspecified atom stereocenters. The van der Waals surface area contributed by atoms with Crippen molar-refractivity contribution < 1.29 is 42.9 Å². The van der Waals surface area contributed by atoms with E-state index in [-0.39, 0.29) is 58.7 Å². The van der Waals surface area contributed by atoms with E-state index < -0.39 is 59.2 Å². The van der Waals surface area contributed by atoms with Gasteiger partial charge in [-0.05, 0) is 162 Å². The number of benzene rings is 3. The molecule has 0 saturated heterocycles. The number of nitriles is 2. The van der Waals surface area contributed by atoms with Gasteiger partial charge in [-0.15, -0.1) is 0 Å². The SMILES string of the molecule is Cc1cc(N)sn1.Cc1cc(Nc2cc(N[C@H](Cc3ccccn3)C(N)=O)c(F)cc2C#N)sn1.Cc1cc(Nc2cc(N[C@H](Cc3ccccn3)C(N)=O)c(F)cc2C(N)=O)sn1.N#Cc1cc(F)c(N[C@H](Cc2ccccn2)C(N)=O)cc1Br.OO. The van der Waals surface area contributed by atoms with Crippen molar-refractivity contribution in [1.82, 2.24) is 28.1 Å². The molecule has 6 heterocycles. The molecule has 9 rings (SSSR count). The summed E-state index contributed by atoms with van der Waals surface area (Å²) in [4.78, 5) is 59.5. The number of primary amides is 4. The minimum Gasteiger partial charge on any atom is -0.389 e. The largest absolute Gasteiger partial charge is 0.389 e. The molecular weight excluding hydrogens is 1270 g/mol. The molecule has 0 aliphatic carbocycles. The predicted octanol–water partition coefficient (Wildman–Crippen LogP) is 8.86. The number of aryl methyl sites for hydroxylation is 3. The summed E-state index contributed by atoms with van der Waals surface area (Å²) in [5, 5.41) is 46.8. The summed E-state index contributed by atoms with van der Waals surface area (Å²) in [7, 11) is 0. The second-order valence-electron chi connectivity index (χ2n) is 18.3. The Bertz CT molecular complexity index is 3880. The van der Waals surface area contributed by atoms with E-state index in [1.54, 1.807) is 79.3 Å². The summed E-state index contributed by atoms with van der Waals surface area (Å²) in [5.41, 5.74) is 32.7. The monoisotopic (exact) mass is 1320 g/mol. The average molecular weight is 1320 g/mol. The maximum atomic E-state index is 14.6. The van der Waals surface area contributed by atoms with Crippen molar-refractivity contribution in [3.05, 3.63) is 201 Å². The van der Waals surface area contributed by atoms with E-state index >= 15 is 0 Å². The Kier molecular flexibility index (Phi) is 26.6. The molecule has 0 aliphatic heterocycles. The van der Waals surface area contributed by atoms with Crippen LogP contribution in [0.1, 0.15) is 55.6 Å². The zero-order chi connectivity index (χ0) is 64.5. The fourth-order valence-electron chi connectivity index (χ4n) is 7.52. The van der Waals surface area contributed by atoms with Crippen molar-refractivity contribution in [3.8, 4) is 12.1 Å². The third-order valence-electron chi connectivity index (χ3n) is 11.6. The van der Waals surface area contributed by atoms with Crippen LogP contribution >= 0.6 is 50.5 Å². The van der Waals surface area contributed by atoms with E-state index in [1.165, 1.54) is 52.8 Å². The fraction of sp³-hybridized carbons (Fsp3) is 0.158. The molecule has 0 bridgehead atoms. The number of rotatable bonds is 20. The highest BCUT2D eigenvalue weighted by Crippen LogP contribution is 2.32. The van der Waals surface area contributed by atoms with E-state index in [0.29, 0.717) is 37.2 Å². The molecule has 0 spiro atoms. The topological polar surface area (TPSA) is 424 Å².